The van der Waals surface area contributed by atoms with E-state index in [4.69, 9.17) is 4.74 Å². The van der Waals surface area contributed by atoms with Crippen LogP contribution in [0, 0.1) is 10.1 Å². The minimum atomic E-state index is -0.642. The van der Waals surface area contributed by atoms with E-state index in [1.165, 1.54) is 12.1 Å². The molecule has 0 aliphatic rings. The molecule has 1 amide bonds. The van der Waals surface area contributed by atoms with Crippen molar-refractivity contribution < 1.29 is 14.5 Å². The second-order valence-electron chi connectivity index (χ2n) is 3.24. The van der Waals surface area contributed by atoms with Crippen LogP contribution < -0.4 is 5.32 Å². The molecule has 0 aliphatic carbocycles. The minimum Gasteiger partial charge on any atom is -0.447 e. The first-order valence-electron chi connectivity index (χ1n) is 4.57. The third-order valence-corrected chi connectivity index (χ3v) is 1.53. The number of aromatic nitrogens is 1. The molecule has 1 N–H and O–H groups in total. The summed E-state index contributed by atoms with van der Waals surface area (Å²) in [6.07, 6.45) is 0.180. The third kappa shape index (κ3) is 3.52. The lowest BCUT2D eigenvalue weighted by Crippen LogP contribution is -2.18. The summed E-state index contributed by atoms with van der Waals surface area (Å²) in [6.45, 7) is 3.42. The lowest BCUT2D eigenvalue weighted by Gasteiger charge is -2.08. The number of nitrogens with one attached hydrogen (secondary N) is 1. The van der Waals surface area contributed by atoms with Crippen LogP contribution in [-0.2, 0) is 4.74 Å². The van der Waals surface area contributed by atoms with E-state index < -0.39 is 11.0 Å². The predicted octanol–water partition coefficient (Wildman–Crippen LogP) is 1.95. The summed E-state index contributed by atoms with van der Waals surface area (Å²) in [5, 5.41) is 12.7. The first-order valence-corrected chi connectivity index (χ1v) is 4.57. The number of hydrogen-bond acceptors (Lipinski definition) is 5. The zero-order chi connectivity index (χ0) is 12.1. The monoisotopic (exact) mass is 225 g/mol. The van der Waals surface area contributed by atoms with E-state index in [1.807, 2.05) is 0 Å². The molecule has 0 atom stereocenters. The SMILES string of the molecule is CC(C)OC(=O)Nc1ccc([N+](=O)[O-])cn1. The van der Waals surface area contributed by atoms with Gasteiger partial charge in [-0.25, -0.2) is 9.78 Å². The number of hydrogen-bond donors (Lipinski definition) is 1. The lowest BCUT2D eigenvalue weighted by atomic mass is 10.4. The average molecular weight is 225 g/mol. The summed E-state index contributed by atoms with van der Waals surface area (Å²) in [5.41, 5.74) is -0.136. The van der Waals surface area contributed by atoms with Crippen molar-refractivity contribution in [3.05, 3.63) is 28.4 Å². The van der Waals surface area contributed by atoms with Gasteiger partial charge in [0.1, 0.15) is 12.0 Å². The molecular weight excluding hydrogens is 214 g/mol. The van der Waals surface area contributed by atoms with Gasteiger partial charge in [-0.2, -0.15) is 0 Å². The van der Waals surface area contributed by atoms with E-state index in [9.17, 15) is 14.9 Å². The zero-order valence-corrected chi connectivity index (χ0v) is 8.84. The molecule has 0 saturated heterocycles. The van der Waals surface area contributed by atoms with Crippen molar-refractivity contribution in [3.8, 4) is 0 Å². The maximum atomic E-state index is 11.1. The second-order valence-corrected chi connectivity index (χ2v) is 3.24. The van der Waals surface area contributed by atoms with Crippen molar-refractivity contribution in [1.82, 2.24) is 4.98 Å². The van der Waals surface area contributed by atoms with Crippen molar-refractivity contribution in [2.75, 3.05) is 5.32 Å². The van der Waals surface area contributed by atoms with Gasteiger partial charge in [0.2, 0.25) is 0 Å². The molecule has 1 aromatic heterocycles. The van der Waals surface area contributed by atoms with Crippen LogP contribution in [0.1, 0.15) is 13.8 Å². The Kier molecular flexibility index (Phi) is 3.76. The lowest BCUT2D eigenvalue weighted by molar-refractivity contribution is -0.385. The number of rotatable bonds is 3. The summed E-state index contributed by atoms with van der Waals surface area (Å²) >= 11 is 0. The van der Waals surface area contributed by atoms with E-state index in [2.05, 4.69) is 10.3 Å². The van der Waals surface area contributed by atoms with Gasteiger partial charge in [-0.05, 0) is 19.9 Å². The fourth-order valence-corrected chi connectivity index (χ4v) is 0.916. The first kappa shape index (κ1) is 11.9. The van der Waals surface area contributed by atoms with E-state index >= 15 is 0 Å². The maximum Gasteiger partial charge on any atom is 0.413 e. The highest BCUT2D eigenvalue weighted by atomic mass is 16.6. The number of carbonyl (C=O) groups excluding carboxylic acids is 1. The Morgan fingerprint density at radius 1 is 1.56 bits per heavy atom. The highest BCUT2D eigenvalue weighted by Crippen LogP contribution is 2.11. The van der Waals surface area contributed by atoms with Gasteiger partial charge < -0.3 is 4.74 Å². The summed E-state index contributed by atoms with van der Waals surface area (Å²) in [4.78, 5) is 24.6. The van der Waals surface area contributed by atoms with Crippen molar-refractivity contribution in [2.24, 2.45) is 0 Å². The van der Waals surface area contributed by atoms with Gasteiger partial charge in [0.15, 0.2) is 0 Å². The van der Waals surface area contributed by atoms with E-state index in [0.29, 0.717) is 0 Å². The van der Waals surface area contributed by atoms with E-state index in [0.717, 1.165) is 6.20 Å². The van der Waals surface area contributed by atoms with Crippen LogP contribution in [0.15, 0.2) is 18.3 Å². The van der Waals surface area contributed by atoms with Gasteiger partial charge in [-0.3, -0.25) is 15.4 Å². The van der Waals surface area contributed by atoms with Gasteiger partial charge >= 0.3 is 6.09 Å². The Balaban J connectivity index is 2.62. The van der Waals surface area contributed by atoms with E-state index in [-0.39, 0.29) is 17.6 Å². The molecule has 7 nitrogen and oxygen atoms in total. The van der Waals surface area contributed by atoms with Crippen LogP contribution in [0.4, 0.5) is 16.3 Å². The minimum absolute atomic E-state index is 0.136. The van der Waals surface area contributed by atoms with Gasteiger partial charge in [-0.1, -0.05) is 0 Å². The molecule has 86 valence electrons. The van der Waals surface area contributed by atoms with Gasteiger partial charge in [0.05, 0.1) is 11.0 Å². The van der Waals surface area contributed by atoms with Gasteiger partial charge in [0.25, 0.3) is 5.69 Å². The van der Waals surface area contributed by atoms with Crippen LogP contribution in [0.5, 0.6) is 0 Å². The van der Waals surface area contributed by atoms with Crippen molar-refractivity contribution in [2.45, 2.75) is 20.0 Å². The molecule has 1 heterocycles. The Labute approximate surface area is 91.6 Å². The second kappa shape index (κ2) is 5.06. The average Bonchev–Trinajstić information content (AvgIpc) is 2.16. The smallest absolute Gasteiger partial charge is 0.413 e. The third-order valence-electron chi connectivity index (χ3n) is 1.53. The summed E-state index contributed by atoms with van der Waals surface area (Å²) in [5.74, 6) is 0.205. The topological polar surface area (TPSA) is 94.4 Å². The molecule has 0 unspecified atom stereocenters. The molecule has 0 spiro atoms. The van der Waals surface area contributed by atoms with Gasteiger partial charge in [-0.15, -0.1) is 0 Å². The molecule has 0 fully saturated rings. The number of ether oxygens (including phenoxy) is 1. The van der Waals surface area contributed by atoms with Crippen LogP contribution in [-0.4, -0.2) is 22.1 Å². The molecule has 7 heteroatoms. The van der Waals surface area contributed by atoms with Crippen molar-refractivity contribution >= 4 is 17.6 Å². The Morgan fingerprint density at radius 3 is 2.69 bits per heavy atom. The van der Waals surface area contributed by atoms with Crippen molar-refractivity contribution in [1.29, 1.82) is 0 Å². The molecule has 0 saturated carbocycles. The molecule has 0 aromatic carbocycles. The standard InChI is InChI=1S/C9H11N3O4/c1-6(2)16-9(13)11-8-4-3-7(5-10-8)12(14)15/h3-6H,1-2H3,(H,10,11,13). The predicted molar refractivity (Wildman–Crippen MR) is 56.1 cm³/mol. The summed E-state index contributed by atoms with van der Waals surface area (Å²) < 4.78 is 4.81. The molecule has 0 bridgehead atoms. The van der Waals surface area contributed by atoms with Crippen LogP contribution >= 0.6 is 0 Å². The molecule has 0 radical (unpaired) electrons. The molecule has 1 rings (SSSR count). The first-order chi connectivity index (χ1) is 7.49. The molecule has 0 aliphatic heterocycles. The number of amides is 1. The van der Waals surface area contributed by atoms with E-state index in [1.54, 1.807) is 13.8 Å². The van der Waals surface area contributed by atoms with Crippen LogP contribution in [0.3, 0.4) is 0 Å². The Bertz CT molecular complexity index is 388. The number of anilines is 1. The molecule has 1 aromatic rings. The quantitative estimate of drug-likeness (QED) is 0.626. The number of pyridine rings is 1. The largest absolute Gasteiger partial charge is 0.447 e. The summed E-state index contributed by atoms with van der Waals surface area (Å²) in [6, 6.07) is 2.58. The van der Waals surface area contributed by atoms with Gasteiger partial charge in [0, 0.05) is 6.07 Å². The highest BCUT2D eigenvalue weighted by Gasteiger charge is 2.08. The molecular formula is C9H11N3O4. The number of nitro groups is 1. The number of nitrogens with zero attached hydrogens (tertiary/aromatic N) is 2. The van der Waals surface area contributed by atoms with Crippen molar-refractivity contribution in [3.63, 3.8) is 0 Å². The Morgan fingerprint density at radius 2 is 2.25 bits per heavy atom. The zero-order valence-electron chi connectivity index (χ0n) is 8.84. The normalized spacial score (nSPS) is 9.94. The van der Waals surface area contributed by atoms with Crippen LogP contribution in [0.2, 0.25) is 0 Å². The fraction of sp³-hybridized carbons (Fsp3) is 0.333. The van der Waals surface area contributed by atoms with Crippen LogP contribution in [0.25, 0.3) is 0 Å². The maximum absolute atomic E-state index is 11.1. The Hall–Kier alpha value is -2.18. The number of carbonyl (C=O) groups is 1. The summed E-state index contributed by atoms with van der Waals surface area (Å²) in [7, 11) is 0. The fourth-order valence-electron chi connectivity index (χ4n) is 0.916. The highest BCUT2D eigenvalue weighted by molar-refractivity contribution is 5.83. The molecule has 16 heavy (non-hydrogen) atoms.